The lowest BCUT2D eigenvalue weighted by Gasteiger charge is -2.38. The highest BCUT2D eigenvalue weighted by Crippen LogP contribution is 2.58. The van der Waals surface area contributed by atoms with Gasteiger partial charge in [0.1, 0.15) is 120 Å². The number of hydrogen-bond acceptors (Lipinski definition) is 18. The first-order chi connectivity index (χ1) is 54.7. The quantitative estimate of drug-likeness (QED) is 0.0151. The van der Waals surface area contributed by atoms with Gasteiger partial charge >= 0.3 is 66.7 Å². The highest BCUT2D eigenvalue weighted by Gasteiger charge is 2.74. The zero-order valence-corrected chi connectivity index (χ0v) is 65.8. The van der Waals surface area contributed by atoms with Crippen molar-refractivity contribution in [1.82, 2.24) is 0 Å². The standard InChI is InChI=1S/C42H47F9O9.C41H47F7O9/c1-6-27(3)35(52)58-22-19-55-32-15-11-29(12-16-32)39(41(46,47)48,42(49,50)51)30-13-17-33(18-14-30)56-20-23-59-36(53)28(7-2)26-38(4,5)37(54)60-24-21-57-34-10-8-9-31(25-34)40(43,44)45;1-6-27(3)35(49)55-23-20-52-32-14-8-29(9-15-32)39(40(43,44)45,41(46,47)48)30-10-16-33(17-11-30)53-21-24-56-36(50)28(7-2)26-38(4,5)37(51)57-25-22-54-34-18-12-31(42)13-19-34/h8-18,25,27-28H,6-7,19-24,26H2,1-5H3;8-19,27-28H,6-7,20-26H2,1-5H3. The first-order valence-corrected chi connectivity index (χ1v) is 37.1. The van der Waals surface area contributed by atoms with E-state index in [1.165, 1.54) is 50.2 Å². The van der Waals surface area contributed by atoms with Crippen molar-refractivity contribution in [2.45, 2.75) is 149 Å². The van der Waals surface area contributed by atoms with E-state index >= 15 is 0 Å². The van der Waals surface area contributed by atoms with E-state index < -0.39 is 134 Å². The summed E-state index contributed by atoms with van der Waals surface area (Å²) >= 11 is 0. The number of ether oxygens (including phenoxy) is 12. The maximum absolute atomic E-state index is 14.7. The van der Waals surface area contributed by atoms with Gasteiger partial charge in [0.05, 0.1) is 40.1 Å². The van der Waals surface area contributed by atoms with Crippen molar-refractivity contribution >= 4 is 35.8 Å². The molecule has 0 bridgehead atoms. The Labute approximate surface area is 666 Å². The summed E-state index contributed by atoms with van der Waals surface area (Å²) in [6.45, 7) is 14.1. The molecule has 0 radical (unpaired) electrons. The Morgan fingerprint density at radius 1 is 0.299 bits per heavy atom. The van der Waals surface area contributed by atoms with Crippen molar-refractivity contribution in [2.75, 3.05) is 79.3 Å². The monoisotopic (exact) mass is 1680 g/mol. The lowest BCUT2D eigenvalue weighted by Crippen LogP contribution is -2.54. The zero-order chi connectivity index (χ0) is 87.4. The van der Waals surface area contributed by atoms with Crippen LogP contribution in [0.3, 0.4) is 0 Å². The third-order valence-corrected chi connectivity index (χ3v) is 18.7. The fourth-order valence-electron chi connectivity index (χ4n) is 11.7. The maximum atomic E-state index is 14.7. The number of carbonyl (C=O) groups excluding carboxylic acids is 6. The van der Waals surface area contributed by atoms with Crippen LogP contribution in [-0.2, 0) is 74.2 Å². The number of benzene rings is 6. The molecule has 4 atom stereocenters. The van der Waals surface area contributed by atoms with Gasteiger partial charge in [-0.3, -0.25) is 28.8 Å². The molecule has 0 aliphatic heterocycles. The molecule has 0 heterocycles. The second kappa shape index (κ2) is 43.3. The largest absolute Gasteiger partial charge is 0.490 e. The van der Waals surface area contributed by atoms with Crippen LogP contribution in [0.1, 0.15) is 136 Å². The Kier molecular flexibility index (Phi) is 36.1. The van der Waals surface area contributed by atoms with Gasteiger partial charge in [-0.1, -0.05) is 96.1 Å². The molecule has 0 spiro atoms. The summed E-state index contributed by atoms with van der Waals surface area (Å²) in [7, 11) is 0. The highest BCUT2D eigenvalue weighted by molar-refractivity contribution is 5.79. The maximum Gasteiger partial charge on any atom is 0.416 e. The predicted molar refractivity (Wildman–Crippen MR) is 391 cm³/mol. The van der Waals surface area contributed by atoms with E-state index in [1.54, 1.807) is 55.4 Å². The van der Waals surface area contributed by atoms with Crippen molar-refractivity contribution in [3.63, 3.8) is 0 Å². The molecule has 4 unspecified atom stereocenters. The van der Waals surface area contributed by atoms with E-state index in [4.69, 9.17) is 56.8 Å². The van der Waals surface area contributed by atoms with Crippen molar-refractivity contribution in [3.8, 4) is 34.5 Å². The van der Waals surface area contributed by atoms with E-state index in [0.717, 1.165) is 60.7 Å². The number of carbonyl (C=O) groups is 6. The van der Waals surface area contributed by atoms with E-state index in [-0.39, 0.29) is 139 Å². The van der Waals surface area contributed by atoms with Gasteiger partial charge < -0.3 is 56.8 Å². The highest BCUT2D eigenvalue weighted by atomic mass is 19.4. The molecule has 646 valence electrons. The Morgan fingerprint density at radius 2 is 0.547 bits per heavy atom. The van der Waals surface area contributed by atoms with Gasteiger partial charge in [0.2, 0.25) is 10.8 Å². The van der Waals surface area contributed by atoms with Gasteiger partial charge in [0.25, 0.3) is 0 Å². The number of hydrogen-bond donors (Lipinski definition) is 0. The lowest BCUT2D eigenvalue weighted by atomic mass is 9.73. The van der Waals surface area contributed by atoms with E-state index in [2.05, 4.69) is 0 Å². The van der Waals surface area contributed by atoms with Gasteiger partial charge in [0, 0.05) is 0 Å². The molecule has 0 aliphatic carbocycles. The first-order valence-electron chi connectivity index (χ1n) is 37.1. The minimum atomic E-state index is -5.85. The van der Waals surface area contributed by atoms with Gasteiger partial charge in [-0.2, -0.15) is 65.9 Å². The van der Waals surface area contributed by atoms with Crippen molar-refractivity contribution < 1.29 is 156 Å². The van der Waals surface area contributed by atoms with Gasteiger partial charge in [-0.25, -0.2) is 4.39 Å². The summed E-state index contributed by atoms with van der Waals surface area (Å²) in [5.74, 6) is -6.10. The average Bonchev–Trinajstić information content (AvgIpc) is 0.722. The third-order valence-electron chi connectivity index (χ3n) is 18.7. The van der Waals surface area contributed by atoms with Crippen LogP contribution in [0.2, 0.25) is 0 Å². The molecule has 6 rings (SSSR count). The van der Waals surface area contributed by atoms with Crippen LogP contribution in [0.5, 0.6) is 34.5 Å². The molecule has 0 amide bonds. The molecule has 34 heteroatoms. The van der Waals surface area contributed by atoms with E-state index in [0.29, 0.717) is 73.5 Å². The molecular weight excluding hydrogens is 1590 g/mol. The van der Waals surface area contributed by atoms with E-state index in [9.17, 15) is 99.0 Å². The van der Waals surface area contributed by atoms with Crippen LogP contribution in [-0.4, -0.2) is 140 Å². The molecule has 0 aromatic heterocycles. The molecule has 0 N–H and O–H groups in total. The molecule has 0 saturated heterocycles. The van der Waals surface area contributed by atoms with Crippen molar-refractivity contribution in [2.24, 2.45) is 34.5 Å². The molecule has 0 aliphatic rings. The lowest BCUT2D eigenvalue weighted by molar-refractivity contribution is -0.290. The summed E-state index contributed by atoms with van der Waals surface area (Å²) in [6, 6.07) is 22.4. The summed E-state index contributed by atoms with van der Waals surface area (Å²) in [6.07, 6.45) is -26.2. The van der Waals surface area contributed by atoms with Crippen molar-refractivity contribution in [1.29, 1.82) is 0 Å². The molecule has 18 nitrogen and oxygen atoms in total. The Morgan fingerprint density at radius 3 is 0.795 bits per heavy atom. The first kappa shape index (κ1) is 97.4. The third kappa shape index (κ3) is 27.5. The Bertz CT molecular complexity index is 4060. The number of alkyl halides is 15. The molecule has 117 heavy (non-hydrogen) atoms. The fourth-order valence-corrected chi connectivity index (χ4v) is 11.7. The minimum Gasteiger partial charge on any atom is -0.490 e. The number of halogens is 16. The summed E-state index contributed by atoms with van der Waals surface area (Å²) < 4.78 is 291. The Balaban J connectivity index is 0.000000418. The summed E-state index contributed by atoms with van der Waals surface area (Å²) in [5.41, 5.74) is -16.5. The number of esters is 6. The normalized spacial score (nSPS) is 13.4. The van der Waals surface area contributed by atoms with E-state index in [1.807, 2.05) is 0 Å². The van der Waals surface area contributed by atoms with Crippen LogP contribution >= 0.6 is 0 Å². The van der Waals surface area contributed by atoms with Crippen LogP contribution in [0.4, 0.5) is 70.2 Å². The molecule has 0 saturated carbocycles. The number of rotatable bonds is 42. The fraction of sp³-hybridized carbons (Fsp3) is 0.494. The van der Waals surface area contributed by atoms with Gasteiger partial charge in [-0.15, -0.1) is 0 Å². The van der Waals surface area contributed by atoms with Crippen molar-refractivity contribution in [3.05, 3.63) is 179 Å². The molecular formula is C83H94F16O18. The van der Waals surface area contributed by atoms with Gasteiger partial charge in [0.15, 0.2) is 0 Å². The Hall–Kier alpha value is -10.2. The second-order valence-corrected chi connectivity index (χ2v) is 28.1. The molecule has 6 aromatic carbocycles. The molecule has 6 aromatic rings. The van der Waals surface area contributed by atoms with Crippen LogP contribution < -0.4 is 28.4 Å². The molecule has 0 fully saturated rings. The average molecular weight is 1680 g/mol. The SMILES string of the molecule is CCC(C)C(=O)OCCOc1ccc(C(c2ccc(OCCOC(=O)C(CC)CC(C)(C)C(=O)OCCOc3ccc(F)cc3)cc2)(C(F)(F)F)C(F)(F)F)cc1.CCC(C)C(=O)OCCOc1ccc(C(c2ccc(OCCOC(=O)C(CC)CC(C)(C)C(=O)OCCOc3cccc(C(F)(F)F)c3)cc2)(C(F)(F)F)C(F)(F)F)cc1. The van der Waals surface area contributed by atoms with Crippen LogP contribution in [0.15, 0.2) is 146 Å². The smallest absolute Gasteiger partial charge is 0.416 e. The summed E-state index contributed by atoms with van der Waals surface area (Å²) in [4.78, 5) is 74.8. The second-order valence-electron chi connectivity index (χ2n) is 28.1. The van der Waals surface area contributed by atoms with Gasteiger partial charge in [-0.05, 0) is 179 Å². The minimum absolute atomic E-state index is 0.0104. The summed E-state index contributed by atoms with van der Waals surface area (Å²) in [5, 5.41) is 0. The zero-order valence-electron chi connectivity index (χ0n) is 65.8. The van der Waals surface area contributed by atoms with Crippen LogP contribution in [0.25, 0.3) is 0 Å². The van der Waals surface area contributed by atoms with Crippen LogP contribution in [0, 0.1) is 40.3 Å². The predicted octanol–water partition coefficient (Wildman–Crippen LogP) is 19.3. The topological polar surface area (TPSA) is 213 Å².